The van der Waals surface area contributed by atoms with E-state index >= 15 is 0 Å². The van der Waals surface area contributed by atoms with E-state index < -0.39 is 0 Å². The van der Waals surface area contributed by atoms with Gasteiger partial charge in [-0.05, 0) is 63.1 Å². The molecule has 1 heterocycles. The Labute approximate surface area is 229 Å². The van der Waals surface area contributed by atoms with Gasteiger partial charge in [0, 0.05) is 25.5 Å². The van der Waals surface area contributed by atoms with Crippen LogP contribution in [0.25, 0.3) is 0 Å². The number of amides is 3. The molecule has 8 nitrogen and oxygen atoms in total. The molecule has 1 aromatic heterocycles. The highest BCUT2D eigenvalue weighted by Crippen LogP contribution is 2.27. The molecular formula is C30H49N5O3. The number of hydrogen-bond acceptors (Lipinski definition) is 5. The number of unbranched alkanes of at least 4 members (excludes halogenated alkanes) is 2. The third-order valence-corrected chi connectivity index (χ3v) is 7.35. The Bertz CT molecular complexity index is 840. The fourth-order valence-corrected chi connectivity index (χ4v) is 5.02. The number of carbonyl (C=O) groups is 3. The molecule has 1 fully saturated rings. The summed E-state index contributed by atoms with van der Waals surface area (Å²) in [5.41, 5.74) is 6.05. The molecule has 0 aliphatic heterocycles. The van der Waals surface area contributed by atoms with Crippen LogP contribution in [-0.2, 0) is 9.59 Å². The van der Waals surface area contributed by atoms with Gasteiger partial charge in [0.25, 0.3) is 5.91 Å². The lowest BCUT2D eigenvalue weighted by atomic mass is 9.86. The topological polar surface area (TPSA) is 126 Å². The standard InChI is InChI=1S/C30H49N5O3/c1-2-3-15-25(28(31)36)16-11-22-35-30(38)27(33-21-9-14-24-12-5-4-6-13-24)18-7-8-20-34-29(37)26-17-10-19-32-23-26/h10-11,16-17,19,23-25,27,33H,2-9,12-15,18,20-22H2,1H3,(H2,31,36)(H,34,37)(H,35,38)/b16-11+/t25-,27+/m1/s1. The summed E-state index contributed by atoms with van der Waals surface area (Å²) >= 11 is 0. The SMILES string of the molecule is CCCC[C@H](/C=C/CNC(=O)[C@H](CCCCNC(=O)c1cccnc1)NCCCC1CCCCC1)C(N)=O. The summed E-state index contributed by atoms with van der Waals surface area (Å²) in [6.07, 6.45) is 20.9. The third kappa shape index (κ3) is 13.2. The molecule has 38 heavy (non-hydrogen) atoms. The molecule has 0 bridgehead atoms. The molecule has 0 spiro atoms. The van der Waals surface area contributed by atoms with E-state index in [1.165, 1.54) is 38.5 Å². The summed E-state index contributed by atoms with van der Waals surface area (Å²) in [7, 11) is 0. The Morgan fingerprint density at radius 2 is 1.87 bits per heavy atom. The van der Waals surface area contributed by atoms with Crippen molar-refractivity contribution in [3.05, 3.63) is 42.2 Å². The Morgan fingerprint density at radius 3 is 2.58 bits per heavy atom. The molecule has 1 saturated carbocycles. The second-order valence-corrected chi connectivity index (χ2v) is 10.5. The zero-order chi connectivity index (χ0) is 27.4. The fraction of sp³-hybridized carbons (Fsp3) is 0.667. The summed E-state index contributed by atoms with van der Waals surface area (Å²) in [5.74, 6) is 0.0537. The minimum atomic E-state index is -0.325. The van der Waals surface area contributed by atoms with Crippen molar-refractivity contribution in [1.82, 2.24) is 20.9 Å². The van der Waals surface area contributed by atoms with E-state index in [-0.39, 0.29) is 29.7 Å². The van der Waals surface area contributed by atoms with Crippen LogP contribution in [0.2, 0.25) is 0 Å². The number of nitrogens with two attached hydrogens (primary N) is 1. The highest BCUT2D eigenvalue weighted by molar-refractivity contribution is 5.93. The molecule has 0 radical (unpaired) electrons. The lowest BCUT2D eigenvalue weighted by molar-refractivity contribution is -0.123. The van der Waals surface area contributed by atoms with Crippen LogP contribution < -0.4 is 21.7 Å². The molecule has 2 atom stereocenters. The summed E-state index contributed by atoms with van der Waals surface area (Å²) in [6.45, 7) is 3.83. The van der Waals surface area contributed by atoms with Gasteiger partial charge in [-0.3, -0.25) is 19.4 Å². The molecular weight excluding hydrogens is 478 g/mol. The van der Waals surface area contributed by atoms with E-state index in [0.29, 0.717) is 25.1 Å². The maximum absolute atomic E-state index is 13.0. The molecule has 2 rings (SSSR count). The monoisotopic (exact) mass is 527 g/mol. The van der Waals surface area contributed by atoms with Crippen molar-refractivity contribution in [2.45, 2.75) is 96.4 Å². The molecule has 1 aromatic rings. The lowest BCUT2D eigenvalue weighted by Gasteiger charge is -2.22. The van der Waals surface area contributed by atoms with Gasteiger partial charge in [-0.2, -0.15) is 0 Å². The zero-order valence-corrected chi connectivity index (χ0v) is 23.3. The first-order valence-electron chi connectivity index (χ1n) is 14.7. The number of primary amides is 1. The highest BCUT2D eigenvalue weighted by Gasteiger charge is 2.18. The second-order valence-electron chi connectivity index (χ2n) is 10.5. The summed E-state index contributed by atoms with van der Waals surface area (Å²) < 4.78 is 0. The predicted octanol–water partition coefficient (Wildman–Crippen LogP) is 4.26. The minimum Gasteiger partial charge on any atom is -0.369 e. The van der Waals surface area contributed by atoms with Crippen molar-refractivity contribution in [2.24, 2.45) is 17.6 Å². The number of carbonyl (C=O) groups excluding carboxylic acids is 3. The average molecular weight is 528 g/mol. The third-order valence-electron chi connectivity index (χ3n) is 7.35. The molecule has 8 heteroatoms. The van der Waals surface area contributed by atoms with Crippen molar-refractivity contribution >= 4 is 17.7 Å². The smallest absolute Gasteiger partial charge is 0.252 e. The molecule has 0 unspecified atom stereocenters. The first kappa shape index (κ1) is 31.5. The zero-order valence-electron chi connectivity index (χ0n) is 23.3. The van der Waals surface area contributed by atoms with Gasteiger partial charge in [0.15, 0.2) is 0 Å². The van der Waals surface area contributed by atoms with Crippen LogP contribution >= 0.6 is 0 Å². The van der Waals surface area contributed by atoms with E-state index in [2.05, 4.69) is 27.9 Å². The first-order valence-corrected chi connectivity index (χ1v) is 14.7. The van der Waals surface area contributed by atoms with Gasteiger partial charge in [0.1, 0.15) is 0 Å². The van der Waals surface area contributed by atoms with Crippen molar-refractivity contribution in [1.29, 1.82) is 0 Å². The van der Waals surface area contributed by atoms with Crippen LogP contribution in [-0.4, -0.2) is 48.4 Å². The van der Waals surface area contributed by atoms with Crippen LogP contribution in [0.15, 0.2) is 36.7 Å². The van der Waals surface area contributed by atoms with E-state index in [1.807, 2.05) is 12.2 Å². The number of aromatic nitrogens is 1. The van der Waals surface area contributed by atoms with Gasteiger partial charge in [-0.1, -0.05) is 64.0 Å². The normalized spacial score (nSPS) is 15.7. The Kier molecular flexibility index (Phi) is 16.0. The quantitative estimate of drug-likeness (QED) is 0.158. The van der Waals surface area contributed by atoms with Gasteiger partial charge in [0.2, 0.25) is 11.8 Å². The van der Waals surface area contributed by atoms with Gasteiger partial charge in [0.05, 0.1) is 17.5 Å². The van der Waals surface area contributed by atoms with Crippen molar-refractivity contribution in [3.8, 4) is 0 Å². The van der Waals surface area contributed by atoms with Crippen LogP contribution in [0.3, 0.4) is 0 Å². The maximum atomic E-state index is 13.0. The van der Waals surface area contributed by atoms with Gasteiger partial charge in [-0.25, -0.2) is 0 Å². The number of hydrogen-bond donors (Lipinski definition) is 4. The second kappa shape index (κ2) is 19.3. The number of nitrogens with one attached hydrogen (secondary N) is 3. The Hall–Kier alpha value is -2.74. The van der Waals surface area contributed by atoms with E-state index in [0.717, 1.165) is 51.0 Å². The minimum absolute atomic E-state index is 0.0316. The van der Waals surface area contributed by atoms with Gasteiger partial charge < -0.3 is 21.7 Å². The summed E-state index contributed by atoms with van der Waals surface area (Å²) in [5, 5.41) is 9.38. The lowest BCUT2D eigenvalue weighted by Crippen LogP contribution is -2.44. The number of nitrogens with zero attached hydrogens (tertiary/aromatic N) is 1. The average Bonchev–Trinajstić information content (AvgIpc) is 2.94. The number of rotatable bonds is 19. The molecule has 1 aliphatic carbocycles. The first-order chi connectivity index (χ1) is 18.5. The van der Waals surface area contributed by atoms with E-state index in [9.17, 15) is 14.4 Å². The largest absolute Gasteiger partial charge is 0.369 e. The maximum Gasteiger partial charge on any atom is 0.252 e. The van der Waals surface area contributed by atoms with Crippen LogP contribution in [0, 0.1) is 11.8 Å². The van der Waals surface area contributed by atoms with E-state index in [1.54, 1.807) is 24.5 Å². The van der Waals surface area contributed by atoms with Crippen LogP contribution in [0.5, 0.6) is 0 Å². The Balaban J connectivity index is 1.77. The van der Waals surface area contributed by atoms with Gasteiger partial charge in [-0.15, -0.1) is 0 Å². The molecule has 0 aromatic carbocycles. The fourth-order valence-electron chi connectivity index (χ4n) is 5.02. The van der Waals surface area contributed by atoms with Crippen LogP contribution in [0.4, 0.5) is 0 Å². The van der Waals surface area contributed by atoms with Crippen LogP contribution in [0.1, 0.15) is 101 Å². The van der Waals surface area contributed by atoms with Crippen molar-refractivity contribution < 1.29 is 14.4 Å². The summed E-state index contributed by atoms with van der Waals surface area (Å²) in [6, 6.07) is 3.20. The van der Waals surface area contributed by atoms with Crippen molar-refractivity contribution in [3.63, 3.8) is 0 Å². The molecule has 1 aliphatic rings. The molecule has 0 saturated heterocycles. The molecule has 5 N–H and O–H groups in total. The van der Waals surface area contributed by atoms with Gasteiger partial charge >= 0.3 is 0 Å². The number of pyridine rings is 1. The van der Waals surface area contributed by atoms with E-state index in [4.69, 9.17) is 5.73 Å². The predicted molar refractivity (Wildman–Crippen MR) is 152 cm³/mol. The summed E-state index contributed by atoms with van der Waals surface area (Å²) in [4.78, 5) is 40.8. The molecule has 212 valence electrons. The Morgan fingerprint density at radius 1 is 1.05 bits per heavy atom. The highest BCUT2D eigenvalue weighted by atomic mass is 16.2. The molecule has 3 amide bonds. The van der Waals surface area contributed by atoms with Crippen molar-refractivity contribution in [2.75, 3.05) is 19.6 Å².